The molecule has 2 bridgehead atoms. The van der Waals surface area contributed by atoms with Crippen LogP contribution in [0.3, 0.4) is 0 Å². The molecule has 4 aromatic rings. The van der Waals surface area contributed by atoms with Crippen LogP contribution in [0.5, 0.6) is 6.01 Å². The van der Waals surface area contributed by atoms with Crippen LogP contribution in [0, 0.1) is 5.82 Å². The first kappa shape index (κ1) is 31.5. The number of methoxy groups -OCH3 is 1. The van der Waals surface area contributed by atoms with Gasteiger partial charge in [0.2, 0.25) is 0 Å². The summed E-state index contributed by atoms with van der Waals surface area (Å²) in [7, 11) is 2.82. The number of fused-ring (bicyclic) bond motifs is 5. The highest BCUT2D eigenvalue weighted by Gasteiger charge is 2.45. The summed E-state index contributed by atoms with van der Waals surface area (Å²) < 4.78 is 27.3. The lowest BCUT2D eigenvalue weighted by atomic mass is 9.95. The molecule has 10 nitrogen and oxygen atoms in total. The Morgan fingerprint density at radius 1 is 1.09 bits per heavy atom. The number of halogens is 1. The molecule has 0 aliphatic carbocycles. The van der Waals surface area contributed by atoms with Crippen molar-refractivity contribution in [2.75, 3.05) is 51.8 Å². The zero-order valence-electron chi connectivity index (χ0n) is 27.5. The van der Waals surface area contributed by atoms with Crippen LogP contribution in [0.2, 0.25) is 0 Å². The number of nitrogens with one attached hydrogen (secondary N) is 2. The van der Waals surface area contributed by atoms with E-state index in [2.05, 4.69) is 56.4 Å². The highest BCUT2D eigenvalue weighted by atomic mass is 19.1. The number of benzene rings is 2. The average Bonchev–Trinajstić information content (AvgIpc) is 3.80. The van der Waals surface area contributed by atoms with Gasteiger partial charge in [-0.15, -0.1) is 0 Å². The molecule has 2 atom stereocenters. The Labute approximate surface area is 275 Å². The molecule has 248 valence electrons. The van der Waals surface area contributed by atoms with E-state index in [1.807, 2.05) is 12.1 Å². The minimum atomic E-state index is -0.408. The normalized spacial score (nSPS) is 21.4. The van der Waals surface area contributed by atoms with Gasteiger partial charge in [0.25, 0.3) is 0 Å². The van der Waals surface area contributed by atoms with Crippen molar-refractivity contribution in [3.05, 3.63) is 54.0 Å². The number of rotatable bonds is 6. The van der Waals surface area contributed by atoms with E-state index in [1.165, 1.54) is 32.6 Å². The van der Waals surface area contributed by atoms with Crippen molar-refractivity contribution in [3.63, 3.8) is 0 Å². The second kappa shape index (κ2) is 13.2. The molecule has 2 aromatic heterocycles. The van der Waals surface area contributed by atoms with Crippen molar-refractivity contribution in [1.29, 1.82) is 0 Å². The highest BCUT2D eigenvalue weighted by molar-refractivity contribution is 6.00. The number of aryl methyl sites for hydroxylation is 1. The molecule has 6 heterocycles. The minimum absolute atomic E-state index is 0.0636. The molecular formula is C36H44FN7O3. The Morgan fingerprint density at radius 2 is 1.81 bits per heavy atom. The zero-order chi connectivity index (χ0) is 32.5. The first-order valence-electron chi connectivity index (χ1n) is 16.9. The summed E-state index contributed by atoms with van der Waals surface area (Å²) in [4.78, 5) is 29.2. The Hall–Kier alpha value is -4.09. The van der Waals surface area contributed by atoms with Crippen molar-refractivity contribution in [2.45, 2.75) is 69.5 Å². The largest absolute Gasteiger partial charge is 0.461 e. The molecule has 8 rings (SSSR count). The van der Waals surface area contributed by atoms with Gasteiger partial charge in [0, 0.05) is 44.0 Å². The van der Waals surface area contributed by atoms with Crippen molar-refractivity contribution in [3.8, 4) is 17.3 Å². The van der Waals surface area contributed by atoms with Gasteiger partial charge >= 0.3 is 12.1 Å². The standard InChI is InChI=1S/C33H37FN6O.C3H7NO2/c1-2-21-7-3-8-22-9-4-10-25(27(21)22)29-28(34)30-26(17-35-29)31(39-18-23-11-12-24(19-39)36-23)38-32(37-30)41-20-33-13-5-15-40(33)16-6-14-33;1-4-3(5)6-2/h3-4,7-10,17,23-24,36H,2,5-6,11-16,18-20H2,1H3;1-2H3,(H,4,5). The van der Waals surface area contributed by atoms with E-state index in [0.717, 1.165) is 80.4 Å². The molecule has 0 radical (unpaired) electrons. The minimum Gasteiger partial charge on any atom is -0.461 e. The summed E-state index contributed by atoms with van der Waals surface area (Å²) in [6.07, 6.45) is 9.21. The quantitative estimate of drug-likeness (QED) is 0.284. The van der Waals surface area contributed by atoms with Gasteiger partial charge in [-0.3, -0.25) is 9.88 Å². The molecule has 0 saturated carbocycles. The van der Waals surface area contributed by atoms with Crippen LogP contribution >= 0.6 is 0 Å². The molecule has 4 aliphatic rings. The maximum absolute atomic E-state index is 16.7. The molecule has 2 unspecified atom stereocenters. The van der Waals surface area contributed by atoms with Crippen LogP contribution in [0.4, 0.5) is 15.0 Å². The van der Waals surface area contributed by atoms with Crippen LogP contribution in [0.15, 0.2) is 42.6 Å². The first-order valence-corrected chi connectivity index (χ1v) is 16.9. The molecular weight excluding hydrogens is 597 g/mol. The van der Waals surface area contributed by atoms with E-state index in [4.69, 9.17) is 19.7 Å². The second-order valence-electron chi connectivity index (χ2n) is 13.2. The summed E-state index contributed by atoms with van der Waals surface area (Å²) in [5, 5.41) is 8.74. The number of amides is 1. The number of carbonyl (C=O) groups is 1. The fraction of sp³-hybridized carbons (Fsp3) is 0.500. The average molecular weight is 642 g/mol. The van der Waals surface area contributed by atoms with Crippen molar-refractivity contribution in [2.24, 2.45) is 0 Å². The summed E-state index contributed by atoms with van der Waals surface area (Å²) in [5.74, 6) is 0.328. The number of anilines is 1. The van der Waals surface area contributed by atoms with Gasteiger partial charge in [-0.1, -0.05) is 43.3 Å². The number of nitrogens with zero attached hydrogens (tertiary/aromatic N) is 5. The summed E-state index contributed by atoms with van der Waals surface area (Å²) in [5.41, 5.74) is 2.66. The van der Waals surface area contributed by atoms with Crippen LogP contribution < -0.4 is 20.3 Å². The van der Waals surface area contributed by atoms with E-state index < -0.39 is 11.9 Å². The lowest BCUT2D eigenvalue weighted by Crippen LogP contribution is -2.51. The van der Waals surface area contributed by atoms with E-state index in [1.54, 1.807) is 6.20 Å². The summed E-state index contributed by atoms with van der Waals surface area (Å²) in [6, 6.07) is 13.4. The number of piperazine rings is 1. The fourth-order valence-corrected chi connectivity index (χ4v) is 8.16. The van der Waals surface area contributed by atoms with Crippen LogP contribution in [-0.4, -0.2) is 90.5 Å². The van der Waals surface area contributed by atoms with Crippen LogP contribution in [0.1, 0.15) is 51.0 Å². The molecule has 0 spiro atoms. The third-order valence-electron chi connectivity index (χ3n) is 10.5. The third kappa shape index (κ3) is 5.95. The van der Waals surface area contributed by atoms with Crippen molar-refractivity contribution in [1.82, 2.24) is 30.5 Å². The third-order valence-corrected chi connectivity index (χ3v) is 10.5. The maximum Gasteiger partial charge on any atom is 0.406 e. The molecule has 4 fully saturated rings. The van der Waals surface area contributed by atoms with Gasteiger partial charge in [0.05, 0.1) is 18.0 Å². The lowest BCUT2D eigenvalue weighted by molar-refractivity contribution is 0.108. The first-order chi connectivity index (χ1) is 22.9. The van der Waals surface area contributed by atoms with Gasteiger partial charge in [-0.05, 0) is 74.4 Å². The number of ether oxygens (including phenoxy) is 2. The Balaban J connectivity index is 0.000000538. The molecule has 2 aromatic carbocycles. The van der Waals surface area contributed by atoms with Crippen LogP contribution in [0.25, 0.3) is 32.9 Å². The van der Waals surface area contributed by atoms with Gasteiger partial charge in [0.1, 0.15) is 23.6 Å². The number of hydrogen-bond acceptors (Lipinski definition) is 9. The SMILES string of the molecule is CCc1cccc2cccc(-c3ncc4c(N5CC6CCC(C5)N6)nc(OCC56CCCN5CCC6)nc4c3F)c12.CNC(=O)OC. The van der Waals surface area contributed by atoms with E-state index in [0.29, 0.717) is 35.3 Å². The molecule has 11 heteroatoms. The molecule has 1 amide bonds. The molecule has 47 heavy (non-hydrogen) atoms. The maximum atomic E-state index is 16.7. The Kier molecular flexibility index (Phi) is 8.85. The monoisotopic (exact) mass is 641 g/mol. The number of alkyl carbamates (subject to hydrolysis) is 1. The Bertz CT molecular complexity index is 1750. The Morgan fingerprint density at radius 3 is 2.47 bits per heavy atom. The number of aromatic nitrogens is 3. The number of carbonyl (C=O) groups excluding carboxylic acids is 1. The summed E-state index contributed by atoms with van der Waals surface area (Å²) >= 11 is 0. The fourth-order valence-electron chi connectivity index (χ4n) is 8.16. The molecule has 4 aliphatic heterocycles. The molecule has 2 N–H and O–H groups in total. The lowest BCUT2D eigenvalue weighted by Gasteiger charge is -2.34. The van der Waals surface area contributed by atoms with Gasteiger partial charge < -0.3 is 25.0 Å². The second-order valence-corrected chi connectivity index (χ2v) is 13.2. The molecule has 4 saturated heterocycles. The van der Waals surface area contributed by atoms with Gasteiger partial charge in [0.15, 0.2) is 5.82 Å². The number of hydrogen-bond donors (Lipinski definition) is 2. The topological polar surface area (TPSA) is 105 Å². The van der Waals surface area contributed by atoms with Gasteiger partial charge in [-0.2, -0.15) is 9.97 Å². The van der Waals surface area contributed by atoms with Crippen molar-refractivity contribution < 1.29 is 18.7 Å². The van der Waals surface area contributed by atoms with Crippen molar-refractivity contribution >= 4 is 33.6 Å². The summed E-state index contributed by atoms with van der Waals surface area (Å²) in [6.45, 7) is 6.62. The predicted molar refractivity (Wildman–Crippen MR) is 182 cm³/mol. The number of pyridine rings is 1. The smallest absolute Gasteiger partial charge is 0.406 e. The van der Waals surface area contributed by atoms with E-state index in [-0.39, 0.29) is 11.5 Å². The highest BCUT2D eigenvalue weighted by Crippen LogP contribution is 2.40. The predicted octanol–water partition coefficient (Wildman–Crippen LogP) is 5.47. The van der Waals surface area contributed by atoms with Gasteiger partial charge in [-0.25, -0.2) is 9.18 Å². The van der Waals surface area contributed by atoms with Crippen LogP contribution in [-0.2, 0) is 11.2 Å². The van der Waals surface area contributed by atoms with E-state index in [9.17, 15) is 4.79 Å². The zero-order valence-corrected chi connectivity index (χ0v) is 27.5. The van der Waals surface area contributed by atoms with E-state index >= 15 is 4.39 Å².